The molecule has 9 heteroatoms. The number of ether oxygens (including phenoxy) is 1. The number of carbonyl (C=O) groups is 4. The predicted molar refractivity (Wildman–Crippen MR) is 152 cm³/mol. The first-order chi connectivity index (χ1) is 19.8. The summed E-state index contributed by atoms with van der Waals surface area (Å²) in [5.74, 6) is -3.35. The third kappa shape index (κ3) is 3.52. The molecule has 0 saturated carbocycles. The van der Waals surface area contributed by atoms with E-state index in [9.17, 15) is 19.2 Å². The molecule has 2 saturated heterocycles. The zero-order chi connectivity index (χ0) is 28.5. The summed E-state index contributed by atoms with van der Waals surface area (Å²) in [5, 5.41) is 7.55. The average molecular weight is 549 g/mol. The van der Waals surface area contributed by atoms with Crippen molar-refractivity contribution in [3.05, 3.63) is 95.2 Å². The lowest BCUT2D eigenvalue weighted by Crippen LogP contribution is -2.53. The van der Waals surface area contributed by atoms with Crippen LogP contribution in [-0.4, -0.2) is 41.3 Å². The molecule has 1 spiro atoms. The highest BCUT2D eigenvalue weighted by atomic mass is 16.5. The number of hydrogen-bond donors (Lipinski definition) is 3. The number of aryl methyl sites for hydroxylation is 1. The molecule has 41 heavy (non-hydrogen) atoms. The normalized spacial score (nSPS) is 24.7. The van der Waals surface area contributed by atoms with E-state index in [-0.39, 0.29) is 18.4 Å². The first kappa shape index (κ1) is 25.2. The summed E-state index contributed by atoms with van der Waals surface area (Å²) in [5.41, 5.74) is 3.49. The van der Waals surface area contributed by atoms with Gasteiger partial charge in [-0.15, -0.1) is 0 Å². The second kappa shape index (κ2) is 9.14. The van der Waals surface area contributed by atoms with E-state index in [1.54, 1.807) is 31.2 Å². The molecule has 4 aromatic rings. The number of amides is 3. The fourth-order valence-electron chi connectivity index (χ4n) is 6.90. The maximum Gasteiger partial charge on any atom is 0.338 e. The number of benzene rings is 3. The van der Waals surface area contributed by atoms with Gasteiger partial charge in [-0.3, -0.25) is 19.7 Å². The third-order valence-corrected chi connectivity index (χ3v) is 8.71. The van der Waals surface area contributed by atoms with Gasteiger partial charge in [0.15, 0.2) is 0 Å². The van der Waals surface area contributed by atoms with E-state index < -0.39 is 35.3 Å². The van der Waals surface area contributed by atoms with Gasteiger partial charge in [0.1, 0.15) is 5.54 Å². The number of H-pyrrole nitrogens is 1. The molecule has 3 aromatic carbocycles. The summed E-state index contributed by atoms with van der Waals surface area (Å²) < 4.78 is 5.07. The molecule has 0 radical (unpaired) electrons. The molecule has 0 bridgehead atoms. The molecule has 0 aliphatic carbocycles. The Labute approximate surface area is 235 Å². The minimum atomic E-state index is -1.39. The predicted octanol–water partition coefficient (Wildman–Crippen LogP) is 3.82. The number of rotatable bonds is 5. The largest absolute Gasteiger partial charge is 0.462 e. The van der Waals surface area contributed by atoms with Gasteiger partial charge in [-0.1, -0.05) is 36.4 Å². The summed E-state index contributed by atoms with van der Waals surface area (Å²) in [6.07, 6.45) is 2.36. The van der Waals surface area contributed by atoms with Gasteiger partial charge in [-0.25, -0.2) is 9.69 Å². The van der Waals surface area contributed by atoms with Crippen molar-refractivity contribution in [1.82, 2.24) is 10.3 Å². The van der Waals surface area contributed by atoms with Gasteiger partial charge >= 0.3 is 5.97 Å². The standard InChI is InChI=1S/C32H28N4O5/c1-3-41-30(39)18-11-13-20(14-12-18)36-28(37)25-24(15-19-16-33-23-10-5-4-8-21(19)23)35-32(26(25)29(36)38)22-9-6-7-17(2)27(22)34-31(32)40/h4-14,16,24-26,33,35H,3,15H2,1-2H3,(H,34,40)/t24-,25+,26-,32+/m0/s1. The van der Waals surface area contributed by atoms with Gasteiger partial charge in [0.2, 0.25) is 17.7 Å². The van der Waals surface area contributed by atoms with Gasteiger partial charge in [0.25, 0.3) is 0 Å². The van der Waals surface area contributed by atoms with Gasteiger partial charge in [0, 0.05) is 34.4 Å². The Balaban J connectivity index is 1.33. The maximum atomic E-state index is 14.3. The lowest BCUT2D eigenvalue weighted by molar-refractivity contribution is -0.130. The van der Waals surface area contributed by atoms with E-state index >= 15 is 0 Å². The van der Waals surface area contributed by atoms with E-state index in [0.717, 1.165) is 22.0 Å². The number of imide groups is 1. The van der Waals surface area contributed by atoms with Crippen LogP contribution in [0.4, 0.5) is 11.4 Å². The monoisotopic (exact) mass is 548 g/mol. The first-order valence-electron chi connectivity index (χ1n) is 13.7. The summed E-state index contributed by atoms with van der Waals surface area (Å²) in [7, 11) is 0. The molecule has 1 aromatic heterocycles. The molecule has 3 N–H and O–H groups in total. The molecule has 0 unspecified atom stereocenters. The Hall–Kier alpha value is -4.76. The van der Waals surface area contributed by atoms with E-state index in [1.807, 2.05) is 55.6 Å². The lowest BCUT2D eigenvalue weighted by Gasteiger charge is -2.29. The average Bonchev–Trinajstić information content (AvgIpc) is 3.68. The highest BCUT2D eigenvalue weighted by Crippen LogP contribution is 2.54. The van der Waals surface area contributed by atoms with Crippen LogP contribution in [0.15, 0.2) is 72.9 Å². The number of nitrogens with one attached hydrogen (secondary N) is 3. The Kier molecular flexibility index (Phi) is 5.62. The number of esters is 1. The number of aromatic nitrogens is 1. The molecular formula is C32H28N4O5. The molecule has 9 nitrogen and oxygen atoms in total. The van der Waals surface area contributed by atoms with E-state index in [1.165, 1.54) is 4.90 Å². The number of nitrogens with zero attached hydrogens (tertiary/aromatic N) is 1. The number of para-hydroxylation sites is 2. The molecule has 3 amide bonds. The second-order valence-corrected chi connectivity index (χ2v) is 10.9. The van der Waals surface area contributed by atoms with Crippen LogP contribution in [0.5, 0.6) is 0 Å². The van der Waals surface area contributed by atoms with Crippen LogP contribution in [0.1, 0.15) is 34.0 Å². The number of aromatic amines is 1. The number of fused-ring (bicyclic) bond motifs is 5. The lowest BCUT2D eigenvalue weighted by atomic mass is 9.76. The number of anilines is 2. The zero-order valence-electron chi connectivity index (χ0n) is 22.6. The van der Waals surface area contributed by atoms with E-state index in [2.05, 4.69) is 15.6 Å². The number of hydrogen-bond acceptors (Lipinski definition) is 6. The summed E-state index contributed by atoms with van der Waals surface area (Å²) >= 11 is 0. The Morgan fingerprint density at radius 3 is 2.54 bits per heavy atom. The maximum absolute atomic E-state index is 14.3. The van der Waals surface area contributed by atoms with Crippen LogP contribution < -0.4 is 15.5 Å². The highest BCUT2D eigenvalue weighted by molar-refractivity contribution is 6.26. The highest BCUT2D eigenvalue weighted by Gasteiger charge is 2.70. The third-order valence-electron chi connectivity index (χ3n) is 8.71. The van der Waals surface area contributed by atoms with Crippen LogP contribution in [0, 0.1) is 18.8 Å². The summed E-state index contributed by atoms with van der Waals surface area (Å²) in [6.45, 7) is 3.87. The van der Waals surface area contributed by atoms with Crippen LogP contribution in [-0.2, 0) is 31.1 Å². The van der Waals surface area contributed by atoms with Crippen LogP contribution >= 0.6 is 0 Å². The quantitative estimate of drug-likeness (QED) is 0.258. The Bertz CT molecular complexity index is 1760. The van der Waals surface area contributed by atoms with Crippen molar-refractivity contribution in [1.29, 1.82) is 0 Å². The smallest absolute Gasteiger partial charge is 0.338 e. The van der Waals surface area contributed by atoms with Crippen molar-refractivity contribution in [3.8, 4) is 0 Å². The number of carbonyl (C=O) groups excluding carboxylic acids is 4. The van der Waals surface area contributed by atoms with Crippen molar-refractivity contribution < 1.29 is 23.9 Å². The molecule has 3 aliphatic heterocycles. The van der Waals surface area contributed by atoms with Crippen LogP contribution in [0.25, 0.3) is 10.9 Å². The van der Waals surface area contributed by atoms with Crippen LogP contribution in [0.2, 0.25) is 0 Å². The molecule has 3 aliphatic rings. The van der Waals surface area contributed by atoms with Gasteiger partial charge < -0.3 is 15.0 Å². The van der Waals surface area contributed by atoms with Crippen molar-refractivity contribution in [2.45, 2.75) is 31.8 Å². The van der Waals surface area contributed by atoms with Gasteiger partial charge in [-0.2, -0.15) is 0 Å². The fraction of sp³-hybridized carbons (Fsp3) is 0.250. The molecule has 4 atom stereocenters. The van der Waals surface area contributed by atoms with Gasteiger partial charge in [-0.05, 0) is 61.7 Å². The fourth-order valence-corrected chi connectivity index (χ4v) is 6.90. The van der Waals surface area contributed by atoms with E-state index in [0.29, 0.717) is 28.9 Å². The molecule has 206 valence electrons. The second-order valence-electron chi connectivity index (χ2n) is 10.9. The Morgan fingerprint density at radius 2 is 1.76 bits per heavy atom. The van der Waals surface area contributed by atoms with Crippen molar-refractivity contribution >= 4 is 46.0 Å². The van der Waals surface area contributed by atoms with Crippen LogP contribution in [0.3, 0.4) is 0 Å². The minimum absolute atomic E-state index is 0.239. The van der Waals surface area contributed by atoms with Crippen molar-refractivity contribution in [2.75, 3.05) is 16.8 Å². The Morgan fingerprint density at radius 1 is 0.976 bits per heavy atom. The van der Waals surface area contributed by atoms with E-state index in [4.69, 9.17) is 4.74 Å². The van der Waals surface area contributed by atoms with Gasteiger partial charge in [0.05, 0.1) is 29.7 Å². The summed E-state index contributed by atoms with van der Waals surface area (Å²) in [4.78, 5) is 59.0. The minimum Gasteiger partial charge on any atom is -0.462 e. The topological polar surface area (TPSA) is 121 Å². The molecule has 4 heterocycles. The SMILES string of the molecule is CCOC(=O)c1ccc(N2C(=O)[C@@H]3[C@H](Cc4c[nH]c5ccccc45)N[C@@]4(C(=O)Nc5c(C)cccc54)[C@@H]3C2=O)cc1. The van der Waals surface area contributed by atoms with Crippen molar-refractivity contribution in [3.63, 3.8) is 0 Å². The molecule has 7 rings (SSSR count). The molecular weight excluding hydrogens is 520 g/mol. The van der Waals surface area contributed by atoms with Crippen molar-refractivity contribution in [2.24, 2.45) is 11.8 Å². The summed E-state index contributed by atoms with van der Waals surface area (Å²) in [6, 6.07) is 19.3. The first-order valence-corrected chi connectivity index (χ1v) is 13.7. The molecule has 2 fully saturated rings. The zero-order valence-corrected chi connectivity index (χ0v) is 22.6.